The van der Waals surface area contributed by atoms with Crippen molar-refractivity contribution in [2.24, 2.45) is 5.90 Å². The van der Waals surface area contributed by atoms with Gasteiger partial charge in [-0.2, -0.15) is 13.2 Å². The lowest BCUT2D eigenvalue weighted by Crippen LogP contribution is -2.04. The predicted octanol–water partition coefficient (Wildman–Crippen LogP) is 3.93. The molecule has 0 radical (unpaired) electrons. The molecule has 0 aliphatic heterocycles. The van der Waals surface area contributed by atoms with Crippen molar-refractivity contribution in [2.45, 2.75) is 12.6 Å². The molecule has 0 saturated heterocycles. The summed E-state index contributed by atoms with van der Waals surface area (Å²) in [6.45, 7) is 0.416. The van der Waals surface area contributed by atoms with E-state index >= 15 is 0 Å². The molecule has 2 rings (SSSR count). The molecule has 0 unspecified atom stereocenters. The van der Waals surface area contributed by atoms with Crippen molar-refractivity contribution >= 4 is 0 Å². The quantitative estimate of drug-likeness (QED) is 0.850. The average molecular weight is 297 g/mol. The molecule has 0 aromatic heterocycles. The minimum atomic E-state index is -4.34. The maximum absolute atomic E-state index is 12.4. The molecule has 2 aromatic rings. The molecule has 0 bridgehead atoms. The Labute approximate surface area is 120 Å². The van der Waals surface area contributed by atoms with Gasteiger partial charge in [-0.15, -0.1) is 0 Å². The van der Waals surface area contributed by atoms with Gasteiger partial charge in [-0.05, 0) is 48.4 Å². The van der Waals surface area contributed by atoms with Crippen LogP contribution in [0.5, 0.6) is 11.5 Å². The zero-order valence-electron chi connectivity index (χ0n) is 11.1. The van der Waals surface area contributed by atoms with Crippen molar-refractivity contribution < 1.29 is 22.7 Å². The first-order valence-electron chi connectivity index (χ1n) is 6.25. The van der Waals surface area contributed by atoms with Crippen molar-refractivity contribution in [3.63, 3.8) is 0 Å². The van der Waals surface area contributed by atoms with Gasteiger partial charge in [-0.25, -0.2) is 5.90 Å². The molecule has 21 heavy (non-hydrogen) atoms. The molecule has 2 aromatic carbocycles. The number of nitrogens with two attached hydrogens (primary N) is 1. The maximum Gasteiger partial charge on any atom is 0.416 e. The number of hydrogen-bond acceptors (Lipinski definition) is 3. The summed E-state index contributed by atoms with van der Waals surface area (Å²) in [4.78, 5) is 4.49. The molecular weight excluding hydrogens is 283 g/mol. The minimum Gasteiger partial charge on any atom is -0.457 e. The third kappa shape index (κ3) is 4.47. The Hall–Kier alpha value is -2.05. The third-order valence-corrected chi connectivity index (χ3v) is 2.85. The van der Waals surface area contributed by atoms with E-state index in [1.54, 1.807) is 12.1 Å². The van der Waals surface area contributed by atoms with E-state index in [1.165, 1.54) is 12.1 Å². The van der Waals surface area contributed by atoms with Gasteiger partial charge in [-0.1, -0.05) is 12.1 Å². The van der Waals surface area contributed by atoms with Gasteiger partial charge in [0.25, 0.3) is 0 Å². The van der Waals surface area contributed by atoms with Crippen LogP contribution in [0.2, 0.25) is 0 Å². The Morgan fingerprint density at radius 3 is 1.86 bits per heavy atom. The van der Waals surface area contributed by atoms with Gasteiger partial charge in [0.2, 0.25) is 0 Å². The summed E-state index contributed by atoms with van der Waals surface area (Å²) in [7, 11) is 0. The van der Waals surface area contributed by atoms with E-state index in [0.717, 1.165) is 17.7 Å². The summed E-state index contributed by atoms with van der Waals surface area (Å²) >= 11 is 0. The number of alkyl halides is 3. The van der Waals surface area contributed by atoms with Gasteiger partial charge in [0.05, 0.1) is 12.2 Å². The van der Waals surface area contributed by atoms with Crippen LogP contribution in [0.4, 0.5) is 13.2 Å². The molecule has 0 amide bonds. The van der Waals surface area contributed by atoms with Crippen LogP contribution in [-0.4, -0.2) is 6.61 Å². The van der Waals surface area contributed by atoms with E-state index in [0.29, 0.717) is 24.5 Å². The second-order valence-corrected chi connectivity index (χ2v) is 4.39. The van der Waals surface area contributed by atoms with Crippen LogP contribution >= 0.6 is 0 Å². The molecule has 0 saturated carbocycles. The van der Waals surface area contributed by atoms with E-state index in [1.807, 2.05) is 12.1 Å². The Morgan fingerprint density at radius 1 is 0.857 bits per heavy atom. The fourth-order valence-electron chi connectivity index (χ4n) is 1.75. The fourth-order valence-corrected chi connectivity index (χ4v) is 1.75. The number of ether oxygens (including phenoxy) is 1. The van der Waals surface area contributed by atoms with E-state index in [9.17, 15) is 13.2 Å². The van der Waals surface area contributed by atoms with Crippen molar-refractivity contribution in [2.75, 3.05) is 6.61 Å². The topological polar surface area (TPSA) is 44.5 Å². The molecule has 2 N–H and O–H groups in total. The second-order valence-electron chi connectivity index (χ2n) is 4.39. The molecule has 112 valence electrons. The first kappa shape index (κ1) is 15.3. The summed E-state index contributed by atoms with van der Waals surface area (Å²) in [6.07, 6.45) is -3.66. The van der Waals surface area contributed by atoms with Gasteiger partial charge >= 0.3 is 6.18 Å². The van der Waals surface area contributed by atoms with Crippen LogP contribution in [0.15, 0.2) is 48.5 Å². The molecule has 0 aliphatic rings. The summed E-state index contributed by atoms with van der Waals surface area (Å²) in [6, 6.07) is 11.7. The Morgan fingerprint density at radius 2 is 1.38 bits per heavy atom. The smallest absolute Gasteiger partial charge is 0.416 e. The summed E-state index contributed by atoms with van der Waals surface area (Å²) in [5.74, 6) is 5.84. The van der Waals surface area contributed by atoms with E-state index in [-0.39, 0.29) is 0 Å². The molecule has 0 spiro atoms. The van der Waals surface area contributed by atoms with Crippen molar-refractivity contribution in [3.05, 3.63) is 59.7 Å². The lowest BCUT2D eigenvalue weighted by molar-refractivity contribution is -0.137. The molecule has 0 atom stereocenters. The van der Waals surface area contributed by atoms with Crippen LogP contribution in [0.1, 0.15) is 11.1 Å². The van der Waals surface area contributed by atoms with Crippen molar-refractivity contribution in [1.29, 1.82) is 0 Å². The summed E-state index contributed by atoms with van der Waals surface area (Å²) < 4.78 is 42.8. The first-order valence-corrected chi connectivity index (χ1v) is 6.25. The highest BCUT2D eigenvalue weighted by molar-refractivity contribution is 5.35. The predicted molar refractivity (Wildman–Crippen MR) is 71.8 cm³/mol. The molecule has 0 fully saturated rings. The number of hydrogen-bond donors (Lipinski definition) is 1. The maximum atomic E-state index is 12.4. The molecular formula is C15H14F3NO2. The number of halogens is 3. The first-order chi connectivity index (χ1) is 9.99. The van der Waals surface area contributed by atoms with Gasteiger partial charge in [-0.3, -0.25) is 0 Å². The van der Waals surface area contributed by atoms with E-state index < -0.39 is 11.7 Å². The lowest BCUT2D eigenvalue weighted by atomic mass is 10.1. The zero-order valence-corrected chi connectivity index (χ0v) is 11.1. The van der Waals surface area contributed by atoms with Crippen LogP contribution in [-0.2, 0) is 17.4 Å². The Kier molecular flexibility index (Phi) is 4.82. The standard InChI is InChI=1S/C15H14F3NO2/c16-15(17,18)12-3-7-14(8-4-12)21-13-5-1-11(2-6-13)9-10-20-19/h1-8H,9-10,19H2. The van der Waals surface area contributed by atoms with E-state index in [4.69, 9.17) is 10.6 Å². The SMILES string of the molecule is NOCCc1ccc(Oc2ccc(C(F)(F)F)cc2)cc1. The van der Waals surface area contributed by atoms with Crippen LogP contribution in [0.3, 0.4) is 0 Å². The van der Waals surface area contributed by atoms with Gasteiger partial charge in [0, 0.05) is 0 Å². The molecule has 3 nitrogen and oxygen atoms in total. The summed E-state index contributed by atoms with van der Waals surface area (Å²) in [5, 5.41) is 0. The Balaban J connectivity index is 2.01. The molecule has 0 aliphatic carbocycles. The van der Waals surface area contributed by atoms with E-state index in [2.05, 4.69) is 4.84 Å². The largest absolute Gasteiger partial charge is 0.457 e. The van der Waals surface area contributed by atoms with Gasteiger partial charge in [0.1, 0.15) is 11.5 Å². The molecule has 0 heterocycles. The van der Waals surface area contributed by atoms with Crippen molar-refractivity contribution in [1.82, 2.24) is 0 Å². The molecule has 6 heteroatoms. The Bertz CT molecular complexity index is 565. The normalized spacial score (nSPS) is 11.4. The van der Waals surface area contributed by atoms with Crippen LogP contribution < -0.4 is 10.6 Å². The number of benzene rings is 2. The summed E-state index contributed by atoms with van der Waals surface area (Å²) in [5.41, 5.74) is 0.326. The van der Waals surface area contributed by atoms with Crippen molar-refractivity contribution in [3.8, 4) is 11.5 Å². The van der Waals surface area contributed by atoms with Gasteiger partial charge in [0.15, 0.2) is 0 Å². The number of rotatable bonds is 5. The monoisotopic (exact) mass is 297 g/mol. The highest BCUT2D eigenvalue weighted by Gasteiger charge is 2.30. The average Bonchev–Trinajstić information content (AvgIpc) is 2.46. The fraction of sp³-hybridized carbons (Fsp3) is 0.200. The van der Waals surface area contributed by atoms with Crippen LogP contribution in [0, 0.1) is 0 Å². The van der Waals surface area contributed by atoms with Gasteiger partial charge < -0.3 is 9.57 Å². The highest BCUT2D eigenvalue weighted by atomic mass is 19.4. The van der Waals surface area contributed by atoms with Crippen LogP contribution in [0.25, 0.3) is 0 Å². The minimum absolute atomic E-state index is 0.348. The second kappa shape index (κ2) is 6.60. The highest BCUT2D eigenvalue weighted by Crippen LogP contribution is 2.31. The third-order valence-electron chi connectivity index (χ3n) is 2.85. The zero-order chi connectivity index (χ0) is 15.3. The lowest BCUT2D eigenvalue weighted by Gasteiger charge is -2.09.